The first kappa shape index (κ1) is 14.9. The minimum Gasteiger partial charge on any atom is -0.497 e. The SMILES string of the molecule is COc1ccc2c(c1)CCC(N1CCCCCCC1)C2N. The van der Waals surface area contributed by atoms with Crippen molar-refractivity contribution in [2.24, 2.45) is 5.73 Å². The van der Waals surface area contributed by atoms with Gasteiger partial charge in [-0.15, -0.1) is 0 Å². The second-order valence-corrected chi connectivity index (χ2v) is 6.50. The number of methoxy groups -OCH3 is 1. The van der Waals surface area contributed by atoms with Gasteiger partial charge in [0, 0.05) is 12.1 Å². The van der Waals surface area contributed by atoms with Crippen molar-refractivity contribution in [2.45, 2.75) is 57.0 Å². The van der Waals surface area contributed by atoms with E-state index >= 15 is 0 Å². The van der Waals surface area contributed by atoms with Crippen molar-refractivity contribution in [2.75, 3.05) is 20.2 Å². The van der Waals surface area contributed by atoms with E-state index in [2.05, 4.69) is 23.1 Å². The number of ether oxygens (including phenoxy) is 1. The lowest BCUT2D eigenvalue weighted by molar-refractivity contribution is 0.142. The van der Waals surface area contributed by atoms with Crippen molar-refractivity contribution in [3.05, 3.63) is 29.3 Å². The quantitative estimate of drug-likeness (QED) is 0.907. The molecule has 0 radical (unpaired) electrons. The molecule has 116 valence electrons. The van der Waals surface area contributed by atoms with Gasteiger partial charge in [-0.3, -0.25) is 4.90 Å². The molecule has 1 aromatic carbocycles. The van der Waals surface area contributed by atoms with Gasteiger partial charge in [0.2, 0.25) is 0 Å². The fourth-order valence-corrected chi connectivity index (χ4v) is 3.95. The van der Waals surface area contributed by atoms with Crippen molar-refractivity contribution < 1.29 is 4.74 Å². The second-order valence-electron chi connectivity index (χ2n) is 6.50. The average Bonchev–Trinajstić information content (AvgIpc) is 2.48. The van der Waals surface area contributed by atoms with Crippen LogP contribution in [0.15, 0.2) is 18.2 Å². The van der Waals surface area contributed by atoms with Gasteiger partial charge in [0.15, 0.2) is 0 Å². The predicted molar refractivity (Wildman–Crippen MR) is 86.7 cm³/mol. The van der Waals surface area contributed by atoms with Crippen LogP contribution in [0.4, 0.5) is 0 Å². The highest BCUT2D eigenvalue weighted by Crippen LogP contribution is 2.34. The van der Waals surface area contributed by atoms with E-state index in [9.17, 15) is 0 Å². The van der Waals surface area contributed by atoms with E-state index in [1.165, 1.54) is 62.7 Å². The highest BCUT2D eigenvalue weighted by Gasteiger charge is 2.31. The Kier molecular flexibility index (Phi) is 4.81. The lowest BCUT2D eigenvalue weighted by atomic mass is 9.83. The van der Waals surface area contributed by atoms with Crippen molar-refractivity contribution in [3.8, 4) is 5.75 Å². The van der Waals surface area contributed by atoms with Gasteiger partial charge in [0.1, 0.15) is 5.75 Å². The smallest absolute Gasteiger partial charge is 0.119 e. The minimum atomic E-state index is 0.152. The molecule has 21 heavy (non-hydrogen) atoms. The predicted octanol–water partition coefficient (Wildman–Crippen LogP) is 3.28. The molecule has 1 aromatic rings. The third-order valence-electron chi connectivity index (χ3n) is 5.19. The molecular weight excluding hydrogens is 260 g/mol. The summed E-state index contributed by atoms with van der Waals surface area (Å²) < 4.78 is 5.34. The highest BCUT2D eigenvalue weighted by atomic mass is 16.5. The number of benzene rings is 1. The largest absolute Gasteiger partial charge is 0.497 e. The fraction of sp³-hybridized carbons (Fsp3) is 0.667. The van der Waals surface area contributed by atoms with Crippen molar-refractivity contribution in [3.63, 3.8) is 0 Å². The van der Waals surface area contributed by atoms with Gasteiger partial charge in [-0.25, -0.2) is 0 Å². The van der Waals surface area contributed by atoms with Crippen LogP contribution in [0.25, 0.3) is 0 Å². The zero-order chi connectivity index (χ0) is 14.7. The summed E-state index contributed by atoms with van der Waals surface area (Å²) in [5, 5.41) is 0. The molecule has 2 unspecified atom stereocenters. The molecule has 2 aliphatic rings. The third-order valence-corrected chi connectivity index (χ3v) is 5.19. The minimum absolute atomic E-state index is 0.152. The number of hydrogen-bond acceptors (Lipinski definition) is 3. The Hall–Kier alpha value is -1.06. The molecule has 3 rings (SSSR count). The maximum atomic E-state index is 6.62. The van der Waals surface area contributed by atoms with Crippen LogP contribution in [0.5, 0.6) is 5.75 Å². The second kappa shape index (κ2) is 6.80. The molecule has 0 saturated carbocycles. The van der Waals surface area contributed by atoms with Crippen LogP contribution in [0.1, 0.15) is 55.7 Å². The summed E-state index contributed by atoms with van der Waals surface area (Å²) >= 11 is 0. The Morgan fingerprint density at radius 1 is 1.10 bits per heavy atom. The molecule has 0 aromatic heterocycles. The number of aryl methyl sites for hydroxylation is 1. The summed E-state index contributed by atoms with van der Waals surface area (Å²) in [6.45, 7) is 2.45. The van der Waals surface area contributed by atoms with E-state index in [0.29, 0.717) is 6.04 Å². The summed E-state index contributed by atoms with van der Waals surface area (Å²) in [6.07, 6.45) is 9.14. The number of hydrogen-bond donors (Lipinski definition) is 1. The van der Waals surface area contributed by atoms with Gasteiger partial charge in [-0.05, 0) is 62.0 Å². The van der Waals surface area contributed by atoms with E-state index in [-0.39, 0.29) is 6.04 Å². The van der Waals surface area contributed by atoms with Gasteiger partial charge < -0.3 is 10.5 Å². The molecule has 0 bridgehead atoms. The van der Waals surface area contributed by atoms with E-state index in [0.717, 1.165) is 12.2 Å². The van der Waals surface area contributed by atoms with Crippen LogP contribution >= 0.6 is 0 Å². The van der Waals surface area contributed by atoms with Gasteiger partial charge >= 0.3 is 0 Å². The van der Waals surface area contributed by atoms with Crippen LogP contribution in [0.3, 0.4) is 0 Å². The van der Waals surface area contributed by atoms with Crippen LogP contribution in [0.2, 0.25) is 0 Å². The van der Waals surface area contributed by atoms with Crippen molar-refractivity contribution >= 4 is 0 Å². The van der Waals surface area contributed by atoms with Gasteiger partial charge in [-0.1, -0.05) is 25.3 Å². The Morgan fingerprint density at radius 2 is 1.81 bits per heavy atom. The molecule has 1 saturated heterocycles. The highest BCUT2D eigenvalue weighted by molar-refractivity contribution is 5.40. The number of nitrogens with two attached hydrogens (primary N) is 1. The first-order valence-corrected chi connectivity index (χ1v) is 8.46. The molecule has 0 spiro atoms. The molecular formula is C18H28N2O. The molecule has 3 heteroatoms. The lowest BCUT2D eigenvalue weighted by Crippen LogP contribution is -2.46. The molecule has 1 aliphatic carbocycles. The summed E-state index contributed by atoms with van der Waals surface area (Å²) in [4.78, 5) is 2.66. The normalized spacial score (nSPS) is 27.5. The van der Waals surface area contributed by atoms with Crippen LogP contribution in [-0.2, 0) is 6.42 Å². The van der Waals surface area contributed by atoms with E-state index in [4.69, 9.17) is 10.5 Å². The maximum absolute atomic E-state index is 6.62. The number of fused-ring (bicyclic) bond motifs is 1. The molecule has 2 N–H and O–H groups in total. The Balaban J connectivity index is 1.76. The standard InChI is InChI=1S/C18H28N2O/c1-21-15-8-9-16-14(13-15)7-10-17(18(16)19)20-11-5-3-2-4-6-12-20/h8-9,13,17-18H,2-7,10-12,19H2,1H3. The molecule has 3 nitrogen and oxygen atoms in total. The third kappa shape index (κ3) is 3.24. The molecule has 1 heterocycles. The van der Waals surface area contributed by atoms with Crippen molar-refractivity contribution in [1.82, 2.24) is 4.90 Å². The zero-order valence-electron chi connectivity index (χ0n) is 13.2. The zero-order valence-corrected chi connectivity index (χ0v) is 13.2. The number of nitrogens with zero attached hydrogens (tertiary/aromatic N) is 1. The molecule has 2 atom stereocenters. The van der Waals surface area contributed by atoms with Gasteiger partial charge in [0.25, 0.3) is 0 Å². The fourth-order valence-electron chi connectivity index (χ4n) is 3.95. The van der Waals surface area contributed by atoms with Crippen molar-refractivity contribution in [1.29, 1.82) is 0 Å². The Labute approximate surface area is 128 Å². The van der Waals surface area contributed by atoms with Crippen LogP contribution < -0.4 is 10.5 Å². The monoisotopic (exact) mass is 288 g/mol. The Morgan fingerprint density at radius 3 is 2.52 bits per heavy atom. The summed E-state index contributed by atoms with van der Waals surface area (Å²) in [7, 11) is 1.73. The first-order chi connectivity index (χ1) is 10.3. The molecule has 1 fully saturated rings. The number of likely N-dealkylation sites (tertiary alicyclic amines) is 1. The summed E-state index contributed by atoms with van der Waals surface area (Å²) in [6, 6.07) is 7.06. The van der Waals surface area contributed by atoms with Crippen LogP contribution in [0, 0.1) is 0 Å². The van der Waals surface area contributed by atoms with E-state index < -0.39 is 0 Å². The topological polar surface area (TPSA) is 38.5 Å². The van der Waals surface area contributed by atoms with Gasteiger partial charge in [-0.2, -0.15) is 0 Å². The van der Waals surface area contributed by atoms with Gasteiger partial charge in [0.05, 0.1) is 7.11 Å². The Bertz CT molecular complexity index is 466. The van der Waals surface area contributed by atoms with E-state index in [1.54, 1.807) is 7.11 Å². The van der Waals surface area contributed by atoms with Crippen LogP contribution in [-0.4, -0.2) is 31.1 Å². The average molecular weight is 288 g/mol. The maximum Gasteiger partial charge on any atom is 0.119 e. The number of rotatable bonds is 2. The molecule has 1 aliphatic heterocycles. The van der Waals surface area contributed by atoms with E-state index in [1.807, 2.05) is 0 Å². The summed E-state index contributed by atoms with van der Waals surface area (Å²) in [5.74, 6) is 0.950. The molecule has 0 amide bonds. The summed E-state index contributed by atoms with van der Waals surface area (Å²) in [5.41, 5.74) is 9.33. The lowest BCUT2D eigenvalue weighted by Gasteiger charge is -2.40. The first-order valence-electron chi connectivity index (χ1n) is 8.46.